The second-order valence-corrected chi connectivity index (χ2v) is 7.68. The number of nitrogens with one attached hydrogen (secondary N) is 1. The molecule has 32 heavy (non-hydrogen) atoms. The number of esters is 1. The van der Waals surface area contributed by atoms with E-state index in [4.69, 9.17) is 15.6 Å². The van der Waals surface area contributed by atoms with Crippen molar-refractivity contribution >= 4 is 23.5 Å². The van der Waals surface area contributed by atoms with Crippen LogP contribution >= 0.6 is 0 Å². The van der Waals surface area contributed by atoms with Crippen molar-refractivity contribution in [2.24, 2.45) is 11.1 Å². The minimum Gasteiger partial charge on any atom is -0.481 e. The molecule has 0 atom stereocenters. The fraction of sp³-hybridized carbons (Fsp3) is 0.571. The van der Waals surface area contributed by atoms with E-state index in [0.29, 0.717) is 18.0 Å². The van der Waals surface area contributed by atoms with Gasteiger partial charge in [-0.25, -0.2) is 0 Å². The van der Waals surface area contributed by atoms with Gasteiger partial charge in [0.05, 0.1) is 13.0 Å². The molecule has 1 fully saturated rings. The zero-order valence-corrected chi connectivity index (χ0v) is 18.2. The van der Waals surface area contributed by atoms with Crippen LogP contribution < -0.4 is 15.8 Å². The summed E-state index contributed by atoms with van der Waals surface area (Å²) in [6.45, 7) is 1.77. The Morgan fingerprint density at radius 1 is 1.19 bits per heavy atom. The van der Waals surface area contributed by atoms with Crippen LogP contribution in [0.4, 0.5) is 5.69 Å². The van der Waals surface area contributed by atoms with Gasteiger partial charge >= 0.3 is 11.9 Å². The SMILES string of the molecule is CC(=O)Nc1ccc(OC(=O)CCCO[N+](=O)[O-])cc1.NCC1(CC(=O)O)CCCCC1. The lowest BCUT2D eigenvalue weighted by atomic mass is 9.72. The van der Waals surface area contributed by atoms with Crippen LogP contribution in [0.25, 0.3) is 0 Å². The summed E-state index contributed by atoms with van der Waals surface area (Å²) in [6, 6.07) is 6.27. The van der Waals surface area contributed by atoms with Gasteiger partial charge in [0.25, 0.3) is 5.09 Å². The standard InChI is InChI=1S/C12H14N2O6.C9H17NO2/c1-9(15)13-10-4-6-11(7-5-10)20-12(16)3-2-8-19-14(17)18;10-7-9(6-8(11)12)4-2-1-3-5-9/h4-7H,2-3,8H2,1H3,(H,13,15);1-7,10H2,(H,11,12). The Balaban J connectivity index is 0.000000363. The van der Waals surface area contributed by atoms with E-state index in [1.807, 2.05) is 0 Å². The molecule has 11 nitrogen and oxygen atoms in total. The van der Waals surface area contributed by atoms with E-state index in [-0.39, 0.29) is 37.2 Å². The number of nitrogens with zero attached hydrogens (tertiary/aromatic N) is 1. The van der Waals surface area contributed by atoms with Crippen LogP contribution in [-0.2, 0) is 19.2 Å². The molecule has 0 radical (unpaired) electrons. The van der Waals surface area contributed by atoms with Gasteiger partial charge in [0.2, 0.25) is 5.91 Å². The van der Waals surface area contributed by atoms with E-state index in [0.717, 1.165) is 25.7 Å². The summed E-state index contributed by atoms with van der Waals surface area (Å²) in [7, 11) is 0. The highest BCUT2D eigenvalue weighted by Crippen LogP contribution is 2.38. The minimum atomic E-state index is -0.911. The molecule has 178 valence electrons. The largest absolute Gasteiger partial charge is 0.481 e. The molecule has 1 aliphatic carbocycles. The topological polar surface area (TPSA) is 171 Å². The van der Waals surface area contributed by atoms with E-state index < -0.39 is 17.0 Å². The van der Waals surface area contributed by atoms with Gasteiger partial charge in [-0.15, -0.1) is 10.1 Å². The van der Waals surface area contributed by atoms with Gasteiger partial charge in [0, 0.05) is 19.0 Å². The van der Waals surface area contributed by atoms with Gasteiger partial charge in [-0.1, -0.05) is 19.3 Å². The Morgan fingerprint density at radius 3 is 2.31 bits per heavy atom. The van der Waals surface area contributed by atoms with Gasteiger partial charge in [-0.05, 0) is 55.5 Å². The van der Waals surface area contributed by atoms with E-state index in [1.54, 1.807) is 12.1 Å². The van der Waals surface area contributed by atoms with E-state index in [1.165, 1.54) is 25.5 Å². The summed E-state index contributed by atoms with van der Waals surface area (Å²) < 4.78 is 5.00. The fourth-order valence-corrected chi connectivity index (χ4v) is 3.42. The number of nitrogens with two attached hydrogens (primary N) is 1. The predicted molar refractivity (Wildman–Crippen MR) is 115 cm³/mol. The molecule has 1 aromatic carbocycles. The highest BCUT2D eigenvalue weighted by Gasteiger charge is 2.32. The number of hydrogen-bond acceptors (Lipinski definition) is 8. The van der Waals surface area contributed by atoms with Crippen LogP contribution in [0.1, 0.15) is 58.3 Å². The number of amides is 1. The number of anilines is 1. The first-order valence-corrected chi connectivity index (χ1v) is 10.4. The Labute approximate surface area is 186 Å². The first-order valence-electron chi connectivity index (χ1n) is 10.4. The molecule has 0 heterocycles. The van der Waals surface area contributed by atoms with Crippen molar-refractivity contribution in [3.8, 4) is 5.75 Å². The van der Waals surface area contributed by atoms with Crippen LogP contribution in [0.5, 0.6) is 5.75 Å². The van der Waals surface area contributed by atoms with Crippen molar-refractivity contribution < 1.29 is 34.2 Å². The summed E-state index contributed by atoms with van der Waals surface area (Å²) in [5, 5.41) is 20.3. The van der Waals surface area contributed by atoms with Crippen molar-refractivity contribution in [1.29, 1.82) is 0 Å². The molecule has 4 N–H and O–H groups in total. The summed E-state index contributed by atoms with van der Waals surface area (Å²) in [5.41, 5.74) is 6.14. The number of benzene rings is 1. The summed E-state index contributed by atoms with van der Waals surface area (Å²) in [4.78, 5) is 46.7. The number of rotatable bonds is 10. The van der Waals surface area contributed by atoms with Gasteiger partial charge in [-0.2, -0.15) is 0 Å². The summed E-state index contributed by atoms with van der Waals surface area (Å²) >= 11 is 0. The highest BCUT2D eigenvalue weighted by atomic mass is 16.9. The maximum absolute atomic E-state index is 11.4. The van der Waals surface area contributed by atoms with E-state index in [2.05, 4.69) is 10.2 Å². The molecule has 0 bridgehead atoms. The Bertz CT molecular complexity index is 761. The van der Waals surface area contributed by atoms with Crippen LogP contribution in [0.15, 0.2) is 24.3 Å². The number of ether oxygens (including phenoxy) is 1. The Hall–Kier alpha value is -3.21. The van der Waals surface area contributed by atoms with Crippen LogP contribution in [-0.4, -0.2) is 41.2 Å². The lowest BCUT2D eigenvalue weighted by Crippen LogP contribution is -2.34. The zero-order valence-electron chi connectivity index (χ0n) is 18.2. The molecular formula is C21H31N3O8. The Morgan fingerprint density at radius 2 is 1.81 bits per heavy atom. The van der Waals surface area contributed by atoms with Crippen LogP contribution in [0.3, 0.4) is 0 Å². The molecule has 0 aromatic heterocycles. The van der Waals surface area contributed by atoms with Gasteiger partial charge < -0.3 is 25.7 Å². The maximum Gasteiger partial charge on any atom is 0.311 e. The minimum absolute atomic E-state index is 0.0152. The molecule has 2 rings (SSSR count). The molecule has 11 heteroatoms. The van der Waals surface area contributed by atoms with Crippen molar-refractivity contribution in [3.63, 3.8) is 0 Å². The normalized spacial score (nSPS) is 14.3. The third-order valence-electron chi connectivity index (χ3n) is 5.00. The first kappa shape index (κ1) is 26.8. The van der Waals surface area contributed by atoms with Gasteiger partial charge in [0.1, 0.15) is 5.75 Å². The predicted octanol–water partition coefficient (Wildman–Crippen LogP) is 2.91. The number of aliphatic carboxylic acids is 1. The molecule has 0 saturated heterocycles. The second-order valence-electron chi connectivity index (χ2n) is 7.68. The third kappa shape index (κ3) is 11.3. The molecule has 1 aromatic rings. The average molecular weight is 453 g/mol. The van der Waals surface area contributed by atoms with Crippen LogP contribution in [0.2, 0.25) is 0 Å². The van der Waals surface area contributed by atoms with E-state index >= 15 is 0 Å². The van der Waals surface area contributed by atoms with E-state index in [9.17, 15) is 24.5 Å². The third-order valence-corrected chi connectivity index (χ3v) is 5.00. The molecule has 0 spiro atoms. The van der Waals surface area contributed by atoms with Crippen molar-refractivity contribution in [2.75, 3.05) is 18.5 Å². The molecule has 1 saturated carbocycles. The van der Waals surface area contributed by atoms with Gasteiger partial charge in [0.15, 0.2) is 0 Å². The number of carboxylic acid groups (broad SMARTS) is 1. The number of carboxylic acids is 1. The maximum atomic E-state index is 11.4. The monoisotopic (exact) mass is 453 g/mol. The van der Waals surface area contributed by atoms with Crippen molar-refractivity contribution in [1.82, 2.24) is 0 Å². The zero-order chi connectivity index (χ0) is 24.0. The molecule has 1 amide bonds. The summed E-state index contributed by atoms with van der Waals surface area (Å²) in [6.07, 6.45) is 5.98. The molecule has 0 unspecified atom stereocenters. The number of hydrogen-bond donors (Lipinski definition) is 3. The number of carbonyl (C=O) groups is 3. The van der Waals surface area contributed by atoms with Crippen molar-refractivity contribution in [3.05, 3.63) is 34.4 Å². The summed E-state index contributed by atoms with van der Waals surface area (Å²) in [5.74, 6) is -1.08. The van der Waals surface area contributed by atoms with Crippen molar-refractivity contribution in [2.45, 2.75) is 58.3 Å². The lowest BCUT2D eigenvalue weighted by Gasteiger charge is -2.34. The fourth-order valence-electron chi connectivity index (χ4n) is 3.42. The quantitative estimate of drug-likeness (QED) is 0.158. The Kier molecular flexibility index (Phi) is 11.7. The highest BCUT2D eigenvalue weighted by molar-refractivity contribution is 5.88. The smallest absolute Gasteiger partial charge is 0.311 e. The van der Waals surface area contributed by atoms with Gasteiger partial charge in [-0.3, -0.25) is 14.4 Å². The molecular weight excluding hydrogens is 422 g/mol. The second kappa shape index (κ2) is 14.0. The lowest BCUT2D eigenvalue weighted by molar-refractivity contribution is -0.757. The molecule has 1 aliphatic rings. The average Bonchev–Trinajstić information content (AvgIpc) is 2.73. The van der Waals surface area contributed by atoms with Crippen LogP contribution in [0, 0.1) is 15.5 Å². The first-order chi connectivity index (χ1) is 15.2. The molecule has 0 aliphatic heterocycles. The number of carbonyl (C=O) groups excluding carboxylic acids is 2.